The van der Waals surface area contributed by atoms with E-state index in [0.29, 0.717) is 5.69 Å². The van der Waals surface area contributed by atoms with Crippen molar-refractivity contribution in [2.75, 3.05) is 11.1 Å². The van der Waals surface area contributed by atoms with Gasteiger partial charge in [-0.1, -0.05) is 0 Å². The van der Waals surface area contributed by atoms with Gasteiger partial charge in [0.05, 0.1) is 23.3 Å². The largest absolute Gasteiger partial charge is 0.397 e. The number of nitrogen functional groups attached to an aromatic ring is 1. The molecule has 0 unspecified atom stereocenters. The first kappa shape index (κ1) is 10.5. The zero-order valence-corrected chi connectivity index (χ0v) is 9.65. The molecule has 0 saturated carbocycles. The maximum Gasteiger partial charge on any atom is 0.130 e. The Morgan fingerprint density at radius 1 is 1.38 bits per heavy atom. The molecule has 2 heterocycles. The number of nitrogens with one attached hydrogen (secondary N) is 1. The highest BCUT2D eigenvalue weighted by atomic mass is 15.3. The Balaban J connectivity index is 2.27. The Morgan fingerprint density at radius 3 is 2.69 bits per heavy atom. The third-order valence-corrected chi connectivity index (χ3v) is 2.43. The zero-order valence-electron chi connectivity index (χ0n) is 9.65. The fourth-order valence-electron chi connectivity index (χ4n) is 1.50. The van der Waals surface area contributed by atoms with E-state index in [-0.39, 0.29) is 0 Å². The van der Waals surface area contributed by atoms with Crippen LogP contribution in [0.15, 0.2) is 18.5 Å². The minimum absolute atomic E-state index is 0.702. The van der Waals surface area contributed by atoms with Crippen molar-refractivity contribution in [2.45, 2.75) is 13.8 Å². The first-order valence-corrected chi connectivity index (χ1v) is 5.05. The van der Waals surface area contributed by atoms with Gasteiger partial charge in [0.25, 0.3) is 0 Å². The molecule has 16 heavy (non-hydrogen) atoms. The fraction of sp³-hybridized carbons (Fsp3) is 0.273. The van der Waals surface area contributed by atoms with Gasteiger partial charge >= 0.3 is 0 Å². The average molecular weight is 217 g/mol. The number of anilines is 3. The molecule has 0 saturated heterocycles. The molecular weight excluding hydrogens is 202 g/mol. The van der Waals surface area contributed by atoms with Gasteiger partial charge in [-0.15, -0.1) is 0 Å². The molecular formula is C11H15N5. The predicted molar refractivity (Wildman–Crippen MR) is 64.6 cm³/mol. The van der Waals surface area contributed by atoms with Crippen molar-refractivity contribution in [1.29, 1.82) is 0 Å². The second-order valence-corrected chi connectivity index (χ2v) is 3.85. The van der Waals surface area contributed by atoms with E-state index in [4.69, 9.17) is 5.73 Å². The van der Waals surface area contributed by atoms with Gasteiger partial charge in [0.15, 0.2) is 0 Å². The molecule has 0 aromatic carbocycles. The van der Waals surface area contributed by atoms with Crippen molar-refractivity contribution in [3.05, 3.63) is 29.7 Å². The minimum Gasteiger partial charge on any atom is -0.397 e. The second kappa shape index (κ2) is 3.84. The highest BCUT2D eigenvalue weighted by Crippen LogP contribution is 2.19. The topological polar surface area (TPSA) is 68.8 Å². The molecule has 0 aliphatic heterocycles. The normalized spacial score (nSPS) is 10.4. The van der Waals surface area contributed by atoms with Crippen LogP contribution >= 0.6 is 0 Å². The smallest absolute Gasteiger partial charge is 0.130 e. The summed E-state index contributed by atoms with van der Waals surface area (Å²) in [6.45, 7) is 3.91. The highest BCUT2D eigenvalue weighted by Gasteiger charge is 2.04. The van der Waals surface area contributed by atoms with Gasteiger partial charge in [-0.25, -0.2) is 4.98 Å². The summed E-state index contributed by atoms with van der Waals surface area (Å²) in [5, 5.41) is 7.46. The van der Waals surface area contributed by atoms with Crippen LogP contribution in [0.5, 0.6) is 0 Å². The number of pyridine rings is 1. The molecule has 2 rings (SSSR count). The van der Waals surface area contributed by atoms with E-state index in [1.807, 2.05) is 33.2 Å². The van der Waals surface area contributed by atoms with E-state index >= 15 is 0 Å². The van der Waals surface area contributed by atoms with Crippen molar-refractivity contribution in [3.8, 4) is 0 Å². The molecule has 2 aromatic rings. The summed E-state index contributed by atoms with van der Waals surface area (Å²) in [5.74, 6) is 0.780. The third-order valence-electron chi connectivity index (χ3n) is 2.43. The van der Waals surface area contributed by atoms with Crippen LogP contribution in [0.1, 0.15) is 11.3 Å². The van der Waals surface area contributed by atoms with Crippen molar-refractivity contribution in [3.63, 3.8) is 0 Å². The van der Waals surface area contributed by atoms with Crippen LogP contribution in [0, 0.1) is 13.8 Å². The number of hydrogen-bond donors (Lipinski definition) is 2. The summed E-state index contributed by atoms with van der Waals surface area (Å²) in [7, 11) is 1.89. The van der Waals surface area contributed by atoms with Crippen LogP contribution in [0.4, 0.5) is 17.2 Å². The third kappa shape index (κ3) is 1.98. The van der Waals surface area contributed by atoms with Gasteiger partial charge in [-0.05, 0) is 25.5 Å². The van der Waals surface area contributed by atoms with Crippen LogP contribution in [0.25, 0.3) is 0 Å². The van der Waals surface area contributed by atoms with E-state index < -0.39 is 0 Å². The quantitative estimate of drug-likeness (QED) is 0.804. The first-order valence-electron chi connectivity index (χ1n) is 5.05. The Bertz CT molecular complexity index is 515. The average Bonchev–Trinajstić information content (AvgIpc) is 2.51. The maximum atomic E-state index is 5.71. The summed E-state index contributed by atoms with van der Waals surface area (Å²) in [4.78, 5) is 4.21. The van der Waals surface area contributed by atoms with Gasteiger partial charge in [-0.2, -0.15) is 5.10 Å². The second-order valence-electron chi connectivity index (χ2n) is 3.85. The molecule has 5 nitrogen and oxygen atoms in total. The summed E-state index contributed by atoms with van der Waals surface area (Å²) in [5.41, 5.74) is 9.33. The lowest BCUT2D eigenvalue weighted by molar-refractivity contribution is 0.756. The molecule has 3 N–H and O–H groups in total. The lowest BCUT2D eigenvalue weighted by Crippen LogP contribution is -1.97. The van der Waals surface area contributed by atoms with E-state index in [1.54, 1.807) is 10.9 Å². The molecule has 5 heteroatoms. The van der Waals surface area contributed by atoms with Crippen LogP contribution in [-0.4, -0.2) is 14.8 Å². The molecule has 0 radical (unpaired) electrons. The molecule has 84 valence electrons. The van der Waals surface area contributed by atoms with E-state index in [9.17, 15) is 0 Å². The fourth-order valence-corrected chi connectivity index (χ4v) is 1.50. The van der Waals surface area contributed by atoms with Crippen LogP contribution in [-0.2, 0) is 7.05 Å². The molecule has 0 fully saturated rings. The van der Waals surface area contributed by atoms with Gasteiger partial charge in [0.2, 0.25) is 0 Å². The van der Waals surface area contributed by atoms with Crippen molar-refractivity contribution in [2.24, 2.45) is 7.05 Å². The van der Waals surface area contributed by atoms with Crippen molar-refractivity contribution in [1.82, 2.24) is 14.8 Å². The van der Waals surface area contributed by atoms with E-state index in [0.717, 1.165) is 22.8 Å². The summed E-state index contributed by atoms with van der Waals surface area (Å²) >= 11 is 0. The summed E-state index contributed by atoms with van der Waals surface area (Å²) in [6.07, 6.45) is 3.58. The van der Waals surface area contributed by atoms with Crippen LogP contribution in [0.3, 0.4) is 0 Å². The Labute approximate surface area is 94.3 Å². The number of nitrogens with zero attached hydrogens (tertiary/aromatic N) is 3. The molecule has 0 amide bonds. The van der Waals surface area contributed by atoms with Crippen LogP contribution in [0.2, 0.25) is 0 Å². The Kier molecular flexibility index (Phi) is 2.52. The number of aryl methyl sites for hydroxylation is 3. The van der Waals surface area contributed by atoms with E-state index in [2.05, 4.69) is 15.4 Å². The highest BCUT2D eigenvalue weighted by molar-refractivity contribution is 5.60. The van der Waals surface area contributed by atoms with Gasteiger partial charge in [0, 0.05) is 13.2 Å². The molecule has 0 aliphatic rings. The van der Waals surface area contributed by atoms with Crippen molar-refractivity contribution < 1.29 is 0 Å². The summed E-state index contributed by atoms with van der Waals surface area (Å²) in [6, 6.07) is 1.92. The predicted octanol–water partition coefficient (Wildman–Crippen LogP) is 1.76. The SMILES string of the molecule is Cc1cc(Nc2cn(C)nc2C)ncc1N. The number of aromatic nitrogens is 3. The lowest BCUT2D eigenvalue weighted by Gasteiger charge is -2.05. The van der Waals surface area contributed by atoms with Gasteiger partial charge < -0.3 is 11.1 Å². The number of hydrogen-bond acceptors (Lipinski definition) is 4. The standard InChI is InChI=1S/C11H15N5/c1-7-4-11(13-5-9(7)12)14-10-6-16(3)15-8(10)2/h4-6H,12H2,1-3H3,(H,13,14). The zero-order chi connectivity index (χ0) is 11.7. The van der Waals surface area contributed by atoms with Gasteiger partial charge in [0.1, 0.15) is 5.82 Å². The summed E-state index contributed by atoms with van der Waals surface area (Å²) < 4.78 is 1.77. The molecule has 0 aliphatic carbocycles. The first-order chi connectivity index (χ1) is 7.56. The van der Waals surface area contributed by atoms with Crippen molar-refractivity contribution >= 4 is 17.2 Å². The Morgan fingerprint density at radius 2 is 2.12 bits per heavy atom. The van der Waals surface area contributed by atoms with E-state index in [1.165, 1.54) is 0 Å². The lowest BCUT2D eigenvalue weighted by atomic mass is 10.2. The molecule has 0 bridgehead atoms. The molecule has 0 atom stereocenters. The number of nitrogens with two attached hydrogens (primary N) is 1. The molecule has 2 aromatic heterocycles. The Hall–Kier alpha value is -2.04. The number of rotatable bonds is 2. The van der Waals surface area contributed by atoms with Gasteiger partial charge in [-0.3, -0.25) is 4.68 Å². The van der Waals surface area contributed by atoms with Crippen LogP contribution < -0.4 is 11.1 Å². The monoisotopic (exact) mass is 217 g/mol. The minimum atomic E-state index is 0.702. The maximum absolute atomic E-state index is 5.71. The molecule has 0 spiro atoms.